The fraction of sp³-hybridized carbons (Fsp3) is 0.156. The van der Waals surface area contributed by atoms with Gasteiger partial charge in [-0.05, 0) is 71.5 Å². The third-order valence-electron chi connectivity index (χ3n) is 7.46. The van der Waals surface area contributed by atoms with Crippen molar-refractivity contribution in [3.05, 3.63) is 125 Å². The zero-order valence-electron chi connectivity index (χ0n) is 21.7. The summed E-state index contributed by atoms with van der Waals surface area (Å²) in [4.78, 5) is 25.2. The molecule has 6 nitrogen and oxygen atoms in total. The van der Waals surface area contributed by atoms with Crippen molar-refractivity contribution in [1.82, 2.24) is 15.1 Å². The molecule has 1 amide bonds. The lowest BCUT2D eigenvalue weighted by Crippen LogP contribution is -2.35. The molecule has 0 saturated heterocycles. The molecule has 41 heavy (non-hydrogen) atoms. The minimum Gasteiger partial charge on any atom is -0.478 e. The minimum absolute atomic E-state index is 0.0418. The van der Waals surface area contributed by atoms with E-state index in [2.05, 4.69) is 10.4 Å². The molecular weight excluding hydrogens is 531 g/mol. The lowest BCUT2D eigenvalue weighted by Gasteiger charge is -2.19. The summed E-state index contributed by atoms with van der Waals surface area (Å²) < 4.78 is 41.6. The van der Waals surface area contributed by atoms with Crippen LogP contribution in [-0.4, -0.2) is 26.8 Å². The molecule has 9 heteroatoms. The van der Waals surface area contributed by atoms with Gasteiger partial charge in [-0.25, -0.2) is 4.79 Å². The number of aromatic nitrogens is 2. The van der Waals surface area contributed by atoms with Crippen LogP contribution in [0.4, 0.5) is 13.2 Å². The maximum atomic E-state index is 13.9. The number of carbonyl (C=O) groups excluding carboxylic acids is 1. The van der Waals surface area contributed by atoms with Crippen molar-refractivity contribution in [2.75, 3.05) is 0 Å². The Morgan fingerprint density at radius 3 is 2.29 bits per heavy atom. The van der Waals surface area contributed by atoms with Gasteiger partial charge in [0.05, 0.1) is 40.5 Å². The summed E-state index contributed by atoms with van der Waals surface area (Å²) in [5.41, 5.74) is 2.55. The monoisotopic (exact) mass is 555 g/mol. The van der Waals surface area contributed by atoms with Crippen LogP contribution >= 0.6 is 0 Å². The number of nitrogens with one attached hydrogen (secondary N) is 1. The van der Waals surface area contributed by atoms with Crippen LogP contribution in [0.15, 0.2) is 97.2 Å². The number of alkyl halides is 3. The largest absolute Gasteiger partial charge is 0.478 e. The van der Waals surface area contributed by atoms with Gasteiger partial charge in [-0.3, -0.25) is 9.48 Å². The van der Waals surface area contributed by atoms with Gasteiger partial charge in [-0.2, -0.15) is 18.3 Å². The highest BCUT2D eigenvalue weighted by atomic mass is 19.4. The normalized spacial score (nSPS) is 14.1. The Hall–Kier alpha value is -4.92. The van der Waals surface area contributed by atoms with E-state index in [-0.39, 0.29) is 18.0 Å². The van der Waals surface area contributed by atoms with E-state index in [1.54, 1.807) is 35.1 Å². The quantitative estimate of drug-likeness (QED) is 0.229. The number of carboxylic acid groups (broad SMARTS) is 1. The molecule has 1 aliphatic rings. The van der Waals surface area contributed by atoms with E-state index in [0.29, 0.717) is 34.9 Å². The smallest absolute Gasteiger partial charge is 0.416 e. The molecular formula is C32H24F3N3O3. The highest BCUT2D eigenvalue weighted by Crippen LogP contribution is 2.46. The summed E-state index contributed by atoms with van der Waals surface area (Å²) in [5, 5.41) is 17.5. The van der Waals surface area contributed by atoms with Crippen LogP contribution in [0, 0.1) is 0 Å². The highest BCUT2D eigenvalue weighted by molar-refractivity contribution is 6.08. The van der Waals surface area contributed by atoms with Crippen LogP contribution < -0.4 is 5.32 Å². The van der Waals surface area contributed by atoms with Crippen molar-refractivity contribution in [3.8, 4) is 11.1 Å². The van der Waals surface area contributed by atoms with E-state index in [1.165, 1.54) is 18.2 Å². The molecule has 4 aromatic carbocycles. The van der Waals surface area contributed by atoms with Crippen molar-refractivity contribution in [2.24, 2.45) is 0 Å². The zero-order valence-corrected chi connectivity index (χ0v) is 21.7. The molecule has 1 fully saturated rings. The van der Waals surface area contributed by atoms with Gasteiger partial charge < -0.3 is 10.4 Å². The molecule has 0 unspecified atom stereocenters. The van der Waals surface area contributed by atoms with Crippen LogP contribution in [0.1, 0.15) is 50.2 Å². The Balaban J connectivity index is 1.40. The first-order valence-electron chi connectivity index (χ1n) is 13.0. The number of amides is 1. The molecule has 0 radical (unpaired) electrons. The summed E-state index contributed by atoms with van der Waals surface area (Å²) in [6.45, 7) is 0.0418. The van der Waals surface area contributed by atoms with Gasteiger partial charge in [0, 0.05) is 5.39 Å². The van der Waals surface area contributed by atoms with Crippen molar-refractivity contribution in [1.29, 1.82) is 0 Å². The maximum Gasteiger partial charge on any atom is 0.416 e. The van der Waals surface area contributed by atoms with Gasteiger partial charge in [0.15, 0.2) is 0 Å². The standard InChI is InChI=1S/C32H24F3N3O3/c33-32(34,35)26-8-4-5-20(15-26)19-38-28-24(18-36-38)16-23(21-6-2-1-3-7-21)17-27(28)29(39)37-31(13-14-31)25-11-9-22(10-12-25)30(40)41/h1-12,15-18H,13-14,19H2,(H,37,39)(H,40,41). The van der Waals surface area contributed by atoms with E-state index >= 15 is 0 Å². The van der Waals surface area contributed by atoms with Crippen LogP contribution in [-0.2, 0) is 18.3 Å². The predicted molar refractivity (Wildman–Crippen MR) is 147 cm³/mol. The molecule has 1 aliphatic carbocycles. The number of carboxylic acids is 1. The second-order valence-corrected chi connectivity index (χ2v) is 10.2. The van der Waals surface area contributed by atoms with Gasteiger partial charge in [-0.1, -0.05) is 54.6 Å². The Morgan fingerprint density at radius 1 is 0.902 bits per heavy atom. The lowest BCUT2D eigenvalue weighted by molar-refractivity contribution is -0.137. The number of aromatic carboxylic acids is 1. The zero-order chi connectivity index (χ0) is 28.8. The Bertz CT molecular complexity index is 1770. The van der Waals surface area contributed by atoms with Gasteiger partial charge in [0.1, 0.15) is 0 Å². The van der Waals surface area contributed by atoms with Gasteiger partial charge in [0.2, 0.25) is 0 Å². The van der Waals surface area contributed by atoms with Crippen molar-refractivity contribution in [3.63, 3.8) is 0 Å². The summed E-state index contributed by atoms with van der Waals surface area (Å²) >= 11 is 0. The Morgan fingerprint density at radius 2 is 1.63 bits per heavy atom. The molecule has 1 aromatic heterocycles. The van der Waals surface area contributed by atoms with Gasteiger partial charge >= 0.3 is 12.1 Å². The third-order valence-corrected chi connectivity index (χ3v) is 7.46. The second kappa shape index (κ2) is 9.92. The fourth-order valence-corrected chi connectivity index (χ4v) is 5.17. The molecule has 6 rings (SSSR count). The lowest BCUT2D eigenvalue weighted by atomic mass is 9.98. The first-order chi connectivity index (χ1) is 19.6. The van der Waals surface area contributed by atoms with Crippen LogP contribution in [0.3, 0.4) is 0 Å². The van der Waals surface area contributed by atoms with E-state index < -0.39 is 23.2 Å². The van der Waals surface area contributed by atoms with E-state index in [1.807, 2.05) is 36.4 Å². The number of fused-ring (bicyclic) bond motifs is 1. The molecule has 2 N–H and O–H groups in total. The molecule has 5 aromatic rings. The van der Waals surface area contributed by atoms with Gasteiger partial charge in [-0.15, -0.1) is 0 Å². The number of hydrogen-bond donors (Lipinski definition) is 2. The average molecular weight is 556 g/mol. The Kier molecular flexibility index (Phi) is 6.37. The second-order valence-electron chi connectivity index (χ2n) is 10.2. The SMILES string of the molecule is O=C(O)c1ccc(C2(NC(=O)c3cc(-c4ccccc4)cc4cnn(Cc5cccc(C(F)(F)F)c5)c34)CC2)cc1. The molecule has 1 saturated carbocycles. The van der Waals surface area contributed by atoms with Crippen molar-refractivity contribution < 1.29 is 27.9 Å². The molecule has 1 heterocycles. The van der Waals surface area contributed by atoms with Crippen LogP contribution in [0.5, 0.6) is 0 Å². The number of halogens is 3. The molecule has 0 aliphatic heterocycles. The fourth-order valence-electron chi connectivity index (χ4n) is 5.17. The summed E-state index contributed by atoms with van der Waals surface area (Å²) in [6, 6.07) is 24.8. The molecule has 0 spiro atoms. The third kappa shape index (κ3) is 5.18. The van der Waals surface area contributed by atoms with Crippen molar-refractivity contribution >= 4 is 22.8 Å². The van der Waals surface area contributed by atoms with E-state index in [0.717, 1.165) is 28.8 Å². The predicted octanol–water partition coefficient (Wildman–Crippen LogP) is 6.89. The van der Waals surface area contributed by atoms with Crippen molar-refractivity contribution in [2.45, 2.75) is 31.1 Å². The highest BCUT2D eigenvalue weighted by Gasteiger charge is 2.46. The first kappa shape index (κ1) is 26.3. The topological polar surface area (TPSA) is 84.2 Å². The summed E-state index contributed by atoms with van der Waals surface area (Å²) in [5.74, 6) is -1.38. The first-order valence-corrected chi connectivity index (χ1v) is 13.0. The Labute approximate surface area is 233 Å². The number of benzene rings is 4. The molecule has 0 atom stereocenters. The van der Waals surface area contributed by atoms with Crippen LogP contribution in [0.2, 0.25) is 0 Å². The summed E-state index contributed by atoms with van der Waals surface area (Å²) in [7, 11) is 0. The molecule has 0 bridgehead atoms. The maximum absolute atomic E-state index is 13.9. The van der Waals surface area contributed by atoms with E-state index in [4.69, 9.17) is 0 Å². The number of hydrogen-bond acceptors (Lipinski definition) is 3. The van der Waals surface area contributed by atoms with E-state index in [9.17, 15) is 27.9 Å². The minimum atomic E-state index is -4.47. The number of rotatable bonds is 7. The number of carbonyl (C=O) groups is 2. The van der Waals surface area contributed by atoms with Gasteiger partial charge in [0.25, 0.3) is 5.91 Å². The number of nitrogens with zero attached hydrogens (tertiary/aromatic N) is 2. The summed E-state index contributed by atoms with van der Waals surface area (Å²) in [6.07, 6.45) is -1.48. The molecule has 206 valence electrons. The van der Waals surface area contributed by atoms with Crippen LogP contribution in [0.25, 0.3) is 22.0 Å². The average Bonchev–Trinajstić information content (AvgIpc) is 3.64.